The van der Waals surface area contributed by atoms with E-state index in [1.54, 1.807) is 19.1 Å². The number of hydrogen-bond acceptors (Lipinski definition) is 3. The van der Waals surface area contributed by atoms with Crippen LogP contribution >= 0.6 is 0 Å². The van der Waals surface area contributed by atoms with E-state index in [0.717, 1.165) is 30.2 Å². The molecule has 1 atom stereocenters. The molecule has 1 unspecified atom stereocenters. The molecule has 0 saturated carbocycles. The summed E-state index contributed by atoms with van der Waals surface area (Å²) in [6, 6.07) is 11.1. The van der Waals surface area contributed by atoms with Gasteiger partial charge in [0.1, 0.15) is 17.5 Å². The van der Waals surface area contributed by atoms with Crippen LogP contribution in [0.3, 0.4) is 0 Å². The van der Waals surface area contributed by atoms with Crippen LogP contribution in [0, 0.1) is 12.7 Å². The van der Waals surface area contributed by atoms with Gasteiger partial charge in [-0.2, -0.15) is 0 Å². The molecule has 0 aliphatic rings. The molecule has 2 rings (SSSR count). The molecular weight excluding hydrogens is 265 g/mol. The zero-order valence-corrected chi connectivity index (χ0v) is 12.8. The molecule has 2 aromatic rings. The first-order valence-electron chi connectivity index (χ1n) is 7.33. The van der Waals surface area contributed by atoms with Gasteiger partial charge >= 0.3 is 0 Å². The molecule has 0 fully saturated rings. The van der Waals surface area contributed by atoms with Crippen LogP contribution in [-0.2, 0) is 0 Å². The molecule has 112 valence electrons. The average Bonchev–Trinajstić information content (AvgIpc) is 2.48. The van der Waals surface area contributed by atoms with Crippen molar-refractivity contribution < 1.29 is 4.39 Å². The Bertz CT molecular complexity index is 598. The Balaban J connectivity index is 2.07. The minimum atomic E-state index is -0.174. The number of halogens is 1. The van der Waals surface area contributed by atoms with Crippen LogP contribution in [-0.4, -0.2) is 11.5 Å². The van der Waals surface area contributed by atoms with Crippen LogP contribution in [0.25, 0.3) is 0 Å². The maximum atomic E-state index is 13.6. The number of hydrogen-bond donors (Lipinski definition) is 2. The van der Waals surface area contributed by atoms with Crippen LogP contribution in [0.1, 0.15) is 37.4 Å². The van der Waals surface area contributed by atoms with Gasteiger partial charge in [0.2, 0.25) is 0 Å². The number of rotatable bonds is 6. The lowest BCUT2D eigenvalue weighted by atomic mass is 10.1. The number of nitrogens with zero attached hydrogens (tertiary/aromatic N) is 1. The highest BCUT2D eigenvalue weighted by Crippen LogP contribution is 2.21. The standard InChI is InChI=1S/C17H22FN3/c1-4-10-19-16-6-5-7-17(21-16)20-13(3)14-9-8-12(2)15(18)11-14/h5-9,11,13H,4,10H2,1-3H3,(H2,19,20,21). The van der Waals surface area contributed by atoms with Crippen molar-refractivity contribution in [1.82, 2.24) is 4.98 Å². The second-order valence-corrected chi connectivity index (χ2v) is 5.21. The van der Waals surface area contributed by atoms with E-state index in [9.17, 15) is 4.39 Å². The molecule has 4 heteroatoms. The predicted octanol–water partition coefficient (Wildman–Crippen LogP) is 4.52. The molecule has 0 spiro atoms. The lowest BCUT2D eigenvalue weighted by Crippen LogP contribution is -2.10. The first-order valence-corrected chi connectivity index (χ1v) is 7.33. The summed E-state index contributed by atoms with van der Waals surface area (Å²) in [6.45, 7) is 6.78. The van der Waals surface area contributed by atoms with Crippen molar-refractivity contribution in [2.75, 3.05) is 17.2 Å². The van der Waals surface area contributed by atoms with Gasteiger partial charge in [0.25, 0.3) is 0 Å². The van der Waals surface area contributed by atoms with Gasteiger partial charge in [-0.1, -0.05) is 25.1 Å². The Hall–Kier alpha value is -2.10. The van der Waals surface area contributed by atoms with Gasteiger partial charge in [0.05, 0.1) is 6.04 Å². The number of aromatic nitrogens is 1. The number of aryl methyl sites for hydroxylation is 1. The highest BCUT2D eigenvalue weighted by molar-refractivity contribution is 5.46. The summed E-state index contributed by atoms with van der Waals surface area (Å²) in [5, 5.41) is 6.56. The van der Waals surface area contributed by atoms with Gasteiger partial charge in [-0.05, 0) is 49.6 Å². The van der Waals surface area contributed by atoms with E-state index in [-0.39, 0.29) is 11.9 Å². The Morgan fingerprint density at radius 1 is 1.19 bits per heavy atom. The van der Waals surface area contributed by atoms with Crippen LogP contribution in [0.4, 0.5) is 16.0 Å². The molecule has 1 aromatic heterocycles. The molecule has 1 heterocycles. The minimum Gasteiger partial charge on any atom is -0.370 e. The van der Waals surface area contributed by atoms with Gasteiger partial charge in [-0.3, -0.25) is 0 Å². The summed E-state index contributed by atoms with van der Waals surface area (Å²) in [4.78, 5) is 4.50. The highest BCUT2D eigenvalue weighted by Gasteiger charge is 2.08. The second kappa shape index (κ2) is 7.07. The molecule has 1 aromatic carbocycles. The molecule has 0 aliphatic carbocycles. The maximum absolute atomic E-state index is 13.6. The zero-order chi connectivity index (χ0) is 15.2. The first kappa shape index (κ1) is 15.3. The summed E-state index contributed by atoms with van der Waals surface area (Å²) in [5.74, 6) is 1.46. The smallest absolute Gasteiger partial charge is 0.128 e. The Labute approximate surface area is 125 Å². The van der Waals surface area contributed by atoms with Gasteiger partial charge in [-0.25, -0.2) is 9.37 Å². The topological polar surface area (TPSA) is 37.0 Å². The highest BCUT2D eigenvalue weighted by atomic mass is 19.1. The Morgan fingerprint density at radius 3 is 2.67 bits per heavy atom. The SMILES string of the molecule is CCCNc1cccc(NC(C)c2ccc(C)c(F)c2)n1. The molecule has 2 N–H and O–H groups in total. The molecule has 0 aliphatic heterocycles. The monoisotopic (exact) mass is 287 g/mol. The number of pyridine rings is 1. The maximum Gasteiger partial charge on any atom is 0.128 e. The number of nitrogens with one attached hydrogen (secondary N) is 2. The summed E-state index contributed by atoms with van der Waals surface area (Å²) < 4.78 is 13.6. The molecule has 0 radical (unpaired) electrons. The van der Waals surface area contributed by atoms with Crippen molar-refractivity contribution in [3.8, 4) is 0 Å². The molecule has 3 nitrogen and oxygen atoms in total. The Morgan fingerprint density at radius 2 is 1.95 bits per heavy atom. The van der Waals surface area contributed by atoms with Gasteiger partial charge in [0.15, 0.2) is 0 Å². The van der Waals surface area contributed by atoms with Crippen molar-refractivity contribution in [2.24, 2.45) is 0 Å². The van der Waals surface area contributed by atoms with E-state index in [4.69, 9.17) is 0 Å². The Kier molecular flexibility index (Phi) is 5.14. The van der Waals surface area contributed by atoms with E-state index in [2.05, 4.69) is 22.5 Å². The van der Waals surface area contributed by atoms with E-state index in [1.165, 1.54) is 0 Å². The van der Waals surface area contributed by atoms with E-state index in [1.807, 2.05) is 31.2 Å². The predicted molar refractivity (Wildman–Crippen MR) is 86.2 cm³/mol. The lowest BCUT2D eigenvalue weighted by molar-refractivity contribution is 0.614. The van der Waals surface area contributed by atoms with E-state index in [0.29, 0.717) is 5.56 Å². The quantitative estimate of drug-likeness (QED) is 0.820. The summed E-state index contributed by atoms with van der Waals surface area (Å²) >= 11 is 0. The van der Waals surface area contributed by atoms with Crippen molar-refractivity contribution in [1.29, 1.82) is 0 Å². The summed E-state index contributed by atoms with van der Waals surface area (Å²) in [5.41, 5.74) is 1.57. The van der Waals surface area contributed by atoms with Gasteiger partial charge < -0.3 is 10.6 Å². The lowest BCUT2D eigenvalue weighted by Gasteiger charge is -2.16. The number of benzene rings is 1. The molecule has 21 heavy (non-hydrogen) atoms. The van der Waals surface area contributed by atoms with Crippen LogP contribution in [0.15, 0.2) is 36.4 Å². The van der Waals surface area contributed by atoms with Crippen molar-refractivity contribution in [2.45, 2.75) is 33.2 Å². The van der Waals surface area contributed by atoms with Gasteiger partial charge in [0, 0.05) is 6.54 Å². The third-order valence-corrected chi connectivity index (χ3v) is 3.37. The third kappa shape index (κ3) is 4.18. The fraction of sp³-hybridized carbons (Fsp3) is 0.353. The molecule has 0 saturated heterocycles. The van der Waals surface area contributed by atoms with Crippen LogP contribution in [0.5, 0.6) is 0 Å². The second-order valence-electron chi connectivity index (χ2n) is 5.21. The van der Waals surface area contributed by atoms with Gasteiger partial charge in [-0.15, -0.1) is 0 Å². The zero-order valence-electron chi connectivity index (χ0n) is 12.8. The average molecular weight is 287 g/mol. The fourth-order valence-electron chi connectivity index (χ4n) is 2.05. The first-order chi connectivity index (χ1) is 10.1. The van der Waals surface area contributed by atoms with Crippen molar-refractivity contribution in [3.05, 3.63) is 53.3 Å². The number of anilines is 2. The normalized spacial score (nSPS) is 12.0. The van der Waals surface area contributed by atoms with Crippen LogP contribution in [0.2, 0.25) is 0 Å². The molecular formula is C17H22FN3. The minimum absolute atomic E-state index is 0.00553. The molecule has 0 amide bonds. The van der Waals surface area contributed by atoms with E-state index < -0.39 is 0 Å². The molecule has 0 bridgehead atoms. The fourth-order valence-corrected chi connectivity index (χ4v) is 2.05. The third-order valence-electron chi connectivity index (χ3n) is 3.37. The summed E-state index contributed by atoms with van der Waals surface area (Å²) in [7, 11) is 0. The van der Waals surface area contributed by atoms with Crippen LogP contribution < -0.4 is 10.6 Å². The van der Waals surface area contributed by atoms with E-state index >= 15 is 0 Å². The van der Waals surface area contributed by atoms with Crippen molar-refractivity contribution >= 4 is 11.6 Å². The summed E-state index contributed by atoms with van der Waals surface area (Å²) in [6.07, 6.45) is 1.05. The van der Waals surface area contributed by atoms with Crippen molar-refractivity contribution in [3.63, 3.8) is 0 Å². The largest absolute Gasteiger partial charge is 0.370 e.